The van der Waals surface area contributed by atoms with Crippen LogP contribution in [-0.2, 0) is 38.7 Å². The van der Waals surface area contributed by atoms with Gasteiger partial charge in [0.25, 0.3) is 0 Å². The second-order valence-electron chi connectivity index (χ2n) is 10.2. The zero-order valence-corrected chi connectivity index (χ0v) is 28.7. The van der Waals surface area contributed by atoms with Crippen LogP contribution in [0.3, 0.4) is 0 Å². The minimum Gasteiger partial charge on any atom is -1.00 e. The fraction of sp³-hybridized carbons (Fsp3) is 0.643. The van der Waals surface area contributed by atoms with Crippen molar-refractivity contribution in [3.05, 3.63) is 47.5 Å². The molecule has 0 atom stereocenters. The topological polar surface area (TPSA) is 0 Å². The smallest absolute Gasteiger partial charge is 1.00 e. The van der Waals surface area contributed by atoms with Crippen LogP contribution in [0.5, 0.6) is 0 Å². The van der Waals surface area contributed by atoms with Gasteiger partial charge in [0.1, 0.15) is 0 Å². The van der Waals surface area contributed by atoms with Crippen molar-refractivity contribution in [1.82, 2.24) is 0 Å². The van der Waals surface area contributed by atoms with Crippen molar-refractivity contribution in [1.29, 1.82) is 0 Å². The van der Waals surface area contributed by atoms with Gasteiger partial charge in [-0.1, -0.05) is 115 Å². The Bertz CT molecular complexity index is 684. The molecule has 5 heteroatoms. The van der Waals surface area contributed by atoms with Crippen molar-refractivity contribution in [2.45, 2.75) is 115 Å². The molecule has 2 aromatic carbocycles. The van der Waals surface area contributed by atoms with E-state index in [2.05, 4.69) is 64.1 Å². The maximum absolute atomic E-state index is 2.53. The second kappa shape index (κ2) is 16.4. The molecule has 2 aromatic rings. The molecule has 0 radical (unpaired) electrons. The predicted molar refractivity (Wildman–Crippen MR) is 141 cm³/mol. The maximum atomic E-state index is 2.53. The number of aryl methyl sites for hydroxylation is 2. The van der Waals surface area contributed by atoms with Crippen molar-refractivity contribution in [3.63, 3.8) is 0 Å². The summed E-state index contributed by atoms with van der Waals surface area (Å²) in [6.45, 7) is 9.37. The van der Waals surface area contributed by atoms with Gasteiger partial charge in [0, 0.05) is 16.1 Å². The number of halogens is 2. The molecule has 33 heavy (non-hydrogen) atoms. The zero-order valence-electron chi connectivity index (χ0n) is 21.6. The largest absolute Gasteiger partial charge is 4.00 e. The molecule has 4 rings (SSSR count). The van der Waals surface area contributed by atoms with Crippen LogP contribution in [0, 0.1) is 0 Å². The standard InChI is InChI=1S/2C14H23Si.2ClH.Hf/c2*1-3-5-7-13-8-9-14(12-13)15(4-2)10-6-11-15;;;/h2*8-9,12H,3-7,10-11H2,1-2H3;2*1H;/q2*-1;;;+4/p-2. The van der Waals surface area contributed by atoms with E-state index in [1.165, 1.54) is 63.5 Å². The molecule has 0 amide bonds. The van der Waals surface area contributed by atoms with Crippen LogP contribution in [0.4, 0.5) is 0 Å². The third kappa shape index (κ3) is 8.30. The van der Waals surface area contributed by atoms with Gasteiger partial charge in [-0.15, -0.1) is 0 Å². The third-order valence-electron chi connectivity index (χ3n) is 8.47. The van der Waals surface area contributed by atoms with Gasteiger partial charge in [0.05, 0.1) is 0 Å². The van der Waals surface area contributed by atoms with Gasteiger partial charge in [0.2, 0.25) is 0 Å². The molecule has 0 nitrogen and oxygen atoms in total. The Kier molecular flexibility index (Phi) is 16.6. The summed E-state index contributed by atoms with van der Waals surface area (Å²) in [5, 5.41) is 3.53. The summed E-state index contributed by atoms with van der Waals surface area (Å²) >= 11 is 0. The van der Waals surface area contributed by atoms with Gasteiger partial charge >= 0.3 is 25.8 Å². The summed E-state index contributed by atoms with van der Waals surface area (Å²) in [4.78, 5) is 0. The molecule has 0 aromatic heterocycles. The normalized spacial score (nSPS) is 17.1. The molecule has 0 aliphatic carbocycles. The van der Waals surface area contributed by atoms with E-state index in [1.54, 1.807) is 45.7 Å². The third-order valence-corrected chi connectivity index (χ3v) is 19.5. The van der Waals surface area contributed by atoms with Gasteiger partial charge < -0.3 is 24.8 Å². The Labute approximate surface area is 238 Å². The van der Waals surface area contributed by atoms with Crippen molar-refractivity contribution >= 4 is 26.5 Å². The quantitative estimate of drug-likeness (QED) is 0.264. The molecule has 2 aliphatic heterocycles. The van der Waals surface area contributed by atoms with Crippen molar-refractivity contribution in [3.8, 4) is 0 Å². The molecule has 0 unspecified atom stereocenters. The molecule has 0 bridgehead atoms. The van der Waals surface area contributed by atoms with Crippen molar-refractivity contribution < 1.29 is 50.7 Å². The fourth-order valence-electron chi connectivity index (χ4n) is 5.62. The molecular weight excluding hydrogens is 642 g/mol. The Morgan fingerprint density at radius 1 is 0.667 bits per heavy atom. The summed E-state index contributed by atoms with van der Waals surface area (Å²) in [6.07, 6.45) is 10.9. The minimum absolute atomic E-state index is 0. The van der Waals surface area contributed by atoms with Crippen LogP contribution < -0.4 is 35.2 Å². The van der Waals surface area contributed by atoms with Crippen LogP contribution >= 0.6 is 0 Å². The zero-order chi connectivity index (χ0) is 21.5. The van der Waals surface area contributed by atoms with Gasteiger partial charge in [0.15, 0.2) is 0 Å². The van der Waals surface area contributed by atoms with Crippen LogP contribution in [0.25, 0.3) is 0 Å². The average Bonchev–Trinajstić information content (AvgIpc) is 3.35. The molecule has 2 saturated heterocycles. The molecule has 2 aliphatic rings. The van der Waals surface area contributed by atoms with E-state index in [0.717, 1.165) is 0 Å². The summed E-state index contributed by atoms with van der Waals surface area (Å²) in [7, 11) is -1.82. The van der Waals surface area contributed by atoms with E-state index in [4.69, 9.17) is 0 Å². The van der Waals surface area contributed by atoms with Crippen LogP contribution in [0.15, 0.2) is 36.4 Å². The monoisotopic (exact) mass is 688 g/mol. The first-order valence-electron chi connectivity index (χ1n) is 13.1. The summed E-state index contributed by atoms with van der Waals surface area (Å²) in [5.74, 6) is 0. The van der Waals surface area contributed by atoms with E-state index in [-0.39, 0.29) is 50.7 Å². The average molecular weight is 688 g/mol. The first kappa shape index (κ1) is 33.6. The first-order chi connectivity index (χ1) is 14.6. The number of hydrogen-bond donors (Lipinski definition) is 0. The Balaban J connectivity index is 0.000000569. The van der Waals surface area contributed by atoms with E-state index in [1.807, 2.05) is 0 Å². The van der Waals surface area contributed by atoms with Gasteiger partial charge in [-0.2, -0.15) is 35.4 Å². The minimum atomic E-state index is -0.911. The summed E-state index contributed by atoms with van der Waals surface area (Å²) in [6, 6.07) is 23.9. The summed E-state index contributed by atoms with van der Waals surface area (Å²) < 4.78 is 0. The SMILES string of the molecule is CCCC[c-]1ccc([Si]2(CC)CCC2)c1.CCCC[c-]1ccc([Si]2(CC)CCC2)c1.[Cl-].[Cl-].[Hf+4]. The van der Waals surface area contributed by atoms with E-state index in [9.17, 15) is 0 Å². The summed E-state index contributed by atoms with van der Waals surface area (Å²) in [5.41, 5.74) is 3.19. The van der Waals surface area contributed by atoms with Crippen molar-refractivity contribution in [2.75, 3.05) is 0 Å². The number of unbranched alkanes of at least 4 members (excludes halogenated alkanes) is 2. The number of rotatable bonds is 10. The number of hydrogen-bond acceptors (Lipinski definition) is 0. The molecule has 184 valence electrons. The molecule has 0 saturated carbocycles. The molecular formula is C28H46Cl2HfSi2. The van der Waals surface area contributed by atoms with Crippen LogP contribution in [-0.4, -0.2) is 16.1 Å². The van der Waals surface area contributed by atoms with Crippen LogP contribution in [0.1, 0.15) is 77.3 Å². The van der Waals surface area contributed by atoms with Gasteiger partial charge in [-0.05, 0) is 0 Å². The van der Waals surface area contributed by atoms with E-state index < -0.39 is 16.1 Å². The first-order valence-corrected chi connectivity index (χ1v) is 18.4. The molecule has 0 spiro atoms. The maximum Gasteiger partial charge on any atom is 4.00 e. The second-order valence-corrected chi connectivity index (χ2v) is 19.9. The predicted octanol–water partition coefficient (Wildman–Crippen LogP) is 1.66. The van der Waals surface area contributed by atoms with E-state index >= 15 is 0 Å². The fourth-order valence-corrected chi connectivity index (χ4v) is 13.3. The Hall–Kier alpha value is 0.584. The van der Waals surface area contributed by atoms with Crippen molar-refractivity contribution in [2.24, 2.45) is 0 Å². The van der Waals surface area contributed by atoms with Crippen LogP contribution in [0.2, 0.25) is 36.3 Å². The van der Waals surface area contributed by atoms with Gasteiger partial charge in [-0.3, -0.25) is 0 Å². The Morgan fingerprint density at radius 2 is 1.03 bits per heavy atom. The Morgan fingerprint density at radius 3 is 1.27 bits per heavy atom. The molecule has 2 fully saturated rings. The molecule has 0 N–H and O–H groups in total. The van der Waals surface area contributed by atoms with E-state index in [0.29, 0.717) is 0 Å². The molecule has 2 heterocycles. The van der Waals surface area contributed by atoms with Gasteiger partial charge in [-0.25, -0.2) is 22.5 Å².